The molecule has 1 atom stereocenters. The number of likely N-dealkylation sites (tertiary alicyclic amines) is 1. The van der Waals surface area contributed by atoms with Crippen LogP contribution in [0.2, 0.25) is 0 Å². The summed E-state index contributed by atoms with van der Waals surface area (Å²) in [6.45, 7) is 5.24. The molecule has 1 fully saturated rings. The van der Waals surface area contributed by atoms with Crippen LogP contribution < -0.4 is 10.9 Å². The van der Waals surface area contributed by atoms with E-state index in [1.807, 2.05) is 0 Å². The zero-order valence-corrected chi connectivity index (χ0v) is 17.4. The van der Waals surface area contributed by atoms with Gasteiger partial charge in [-0.05, 0) is 63.1 Å². The lowest BCUT2D eigenvalue weighted by atomic mass is 10.0. The Kier molecular flexibility index (Phi) is 6.18. The number of aryl methyl sites for hydroxylation is 1. The number of carbonyl (C=O) groups excluding carboxylic acids is 1. The Labute approximate surface area is 175 Å². The Bertz CT molecular complexity index is 1100. The highest BCUT2D eigenvalue weighted by Gasteiger charge is 2.17. The van der Waals surface area contributed by atoms with E-state index in [1.54, 1.807) is 33.4 Å². The van der Waals surface area contributed by atoms with Gasteiger partial charge in [-0.1, -0.05) is 6.42 Å². The van der Waals surface area contributed by atoms with Crippen LogP contribution in [0.15, 0.2) is 41.3 Å². The summed E-state index contributed by atoms with van der Waals surface area (Å²) in [5, 5.41) is 2.99. The lowest BCUT2D eigenvalue weighted by molar-refractivity contribution is -0.121. The van der Waals surface area contributed by atoms with Crippen molar-refractivity contribution in [1.29, 1.82) is 0 Å². The number of fused-ring (bicyclic) bond motifs is 3. The van der Waals surface area contributed by atoms with Crippen LogP contribution in [0.3, 0.4) is 0 Å². The maximum atomic E-state index is 13.9. The average molecular weight is 413 g/mol. The van der Waals surface area contributed by atoms with Crippen LogP contribution in [0.1, 0.15) is 39.0 Å². The number of piperidine rings is 1. The Morgan fingerprint density at radius 2 is 2.03 bits per heavy atom. The van der Waals surface area contributed by atoms with Gasteiger partial charge in [-0.25, -0.2) is 4.39 Å². The van der Waals surface area contributed by atoms with E-state index >= 15 is 0 Å². The SMILES string of the molecule is C[C@@H]1CCCCN1CCNC(=O)CCCn1c(=O)c2cccn2c2ccc(F)cc21. The second-order valence-corrected chi connectivity index (χ2v) is 8.19. The van der Waals surface area contributed by atoms with Gasteiger partial charge in [-0.15, -0.1) is 0 Å². The van der Waals surface area contributed by atoms with Gasteiger partial charge in [0.25, 0.3) is 5.56 Å². The molecule has 1 amide bonds. The maximum Gasteiger partial charge on any atom is 0.275 e. The Morgan fingerprint density at radius 3 is 2.87 bits per heavy atom. The standard InChI is InChI=1S/C23H29FN4O2/c1-17-6-2-3-12-26(17)15-11-25-22(29)8-5-14-28-21-16-18(24)9-10-19(21)27-13-4-7-20(27)23(28)30/h4,7,9-10,13,16-17H,2-3,5-6,8,11-12,14-15H2,1H3,(H,25,29)/t17-/m1/s1. The van der Waals surface area contributed by atoms with E-state index in [0.717, 1.165) is 18.6 Å². The van der Waals surface area contributed by atoms with Crippen molar-refractivity contribution in [2.24, 2.45) is 0 Å². The summed E-state index contributed by atoms with van der Waals surface area (Å²) in [5.41, 5.74) is 1.70. The number of hydrogen-bond acceptors (Lipinski definition) is 3. The third kappa shape index (κ3) is 4.26. The molecular weight excluding hydrogens is 383 g/mol. The number of rotatable bonds is 7. The van der Waals surface area contributed by atoms with E-state index in [-0.39, 0.29) is 17.3 Å². The fourth-order valence-electron chi connectivity index (χ4n) is 4.47. The molecule has 160 valence electrons. The maximum absolute atomic E-state index is 13.9. The molecule has 4 rings (SSSR count). The molecule has 1 aromatic carbocycles. The number of nitrogens with zero attached hydrogens (tertiary/aromatic N) is 3. The van der Waals surface area contributed by atoms with Gasteiger partial charge < -0.3 is 14.3 Å². The number of nitrogens with one attached hydrogen (secondary N) is 1. The van der Waals surface area contributed by atoms with Gasteiger partial charge in [0, 0.05) is 38.3 Å². The molecule has 1 N–H and O–H groups in total. The molecule has 6 nitrogen and oxygen atoms in total. The van der Waals surface area contributed by atoms with E-state index < -0.39 is 0 Å². The summed E-state index contributed by atoms with van der Waals surface area (Å²) < 4.78 is 17.2. The number of carbonyl (C=O) groups is 1. The molecule has 0 aliphatic carbocycles. The molecular formula is C23H29FN4O2. The van der Waals surface area contributed by atoms with E-state index in [2.05, 4.69) is 17.1 Å². The van der Waals surface area contributed by atoms with E-state index in [9.17, 15) is 14.0 Å². The van der Waals surface area contributed by atoms with Crippen molar-refractivity contribution in [3.05, 3.63) is 52.7 Å². The van der Waals surface area contributed by atoms with Gasteiger partial charge >= 0.3 is 0 Å². The van der Waals surface area contributed by atoms with Crippen LogP contribution >= 0.6 is 0 Å². The smallest absolute Gasteiger partial charge is 0.275 e. The van der Waals surface area contributed by atoms with Crippen LogP contribution in [0, 0.1) is 5.82 Å². The fraction of sp³-hybridized carbons (Fsp3) is 0.478. The van der Waals surface area contributed by atoms with E-state index in [1.165, 1.54) is 31.4 Å². The molecule has 0 unspecified atom stereocenters. The van der Waals surface area contributed by atoms with Crippen molar-refractivity contribution in [3.63, 3.8) is 0 Å². The first kappa shape index (κ1) is 20.6. The molecule has 0 saturated carbocycles. The lowest BCUT2D eigenvalue weighted by Crippen LogP contribution is -2.42. The molecule has 7 heteroatoms. The third-order valence-electron chi connectivity index (χ3n) is 6.15. The van der Waals surface area contributed by atoms with Gasteiger partial charge in [0.2, 0.25) is 5.91 Å². The number of amides is 1. The largest absolute Gasteiger partial charge is 0.355 e. The molecule has 2 aromatic heterocycles. The molecule has 0 bridgehead atoms. The van der Waals surface area contributed by atoms with Gasteiger partial charge in [0.1, 0.15) is 11.3 Å². The number of hydrogen-bond donors (Lipinski definition) is 1. The van der Waals surface area contributed by atoms with Gasteiger partial charge in [0.15, 0.2) is 0 Å². The summed E-state index contributed by atoms with van der Waals surface area (Å²) in [6, 6.07) is 8.61. The molecule has 3 aromatic rings. The summed E-state index contributed by atoms with van der Waals surface area (Å²) in [4.78, 5) is 27.6. The van der Waals surface area contributed by atoms with Crippen LogP contribution in [0.4, 0.5) is 4.39 Å². The first-order valence-corrected chi connectivity index (χ1v) is 10.8. The molecule has 1 aliphatic heterocycles. The molecule has 1 aliphatic rings. The Morgan fingerprint density at radius 1 is 1.17 bits per heavy atom. The van der Waals surface area contributed by atoms with Crippen molar-refractivity contribution in [1.82, 2.24) is 19.2 Å². The average Bonchev–Trinajstić information content (AvgIpc) is 3.22. The quantitative estimate of drug-likeness (QED) is 0.649. The highest BCUT2D eigenvalue weighted by Crippen LogP contribution is 2.18. The van der Waals surface area contributed by atoms with Crippen LogP contribution in [0.5, 0.6) is 0 Å². The minimum Gasteiger partial charge on any atom is -0.355 e. The van der Waals surface area contributed by atoms with Gasteiger partial charge in [-0.3, -0.25) is 14.5 Å². The summed E-state index contributed by atoms with van der Waals surface area (Å²) in [7, 11) is 0. The monoisotopic (exact) mass is 412 g/mol. The second kappa shape index (κ2) is 9.00. The van der Waals surface area contributed by atoms with Crippen molar-refractivity contribution >= 4 is 22.5 Å². The Balaban J connectivity index is 1.37. The topological polar surface area (TPSA) is 58.8 Å². The lowest BCUT2D eigenvalue weighted by Gasteiger charge is -2.33. The first-order chi connectivity index (χ1) is 14.5. The first-order valence-electron chi connectivity index (χ1n) is 10.8. The second-order valence-electron chi connectivity index (χ2n) is 8.19. The van der Waals surface area contributed by atoms with E-state index in [0.29, 0.717) is 43.0 Å². The Hall–Kier alpha value is -2.67. The molecule has 0 radical (unpaired) electrons. The minimum absolute atomic E-state index is 0.00744. The predicted molar refractivity (Wildman–Crippen MR) is 116 cm³/mol. The highest BCUT2D eigenvalue weighted by molar-refractivity contribution is 5.79. The van der Waals surface area contributed by atoms with Crippen LogP contribution in [-0.2, 0) is 11.3 Å². The van der Waals surface area contributed by atoms with Crippen LogP contribution in [-0.4, -0.2) is 45.5 Å². The number of halogens is 1. The van der Waals surface area contributed by atoms with Crippen molar-refractivity contribution in [2.45, 2.75) is 51.6 Å². The normalized spacial score (nSPS) is 17.6. The molecule has 1 saturated heterocycles. The summed E-state index contributed by atoms with van der Waals surface area (Å²) >= 11 is 0. The predicted octanol–water partition coefficient (Wildman–Crippen LogP) is 3.16. The summed E-state index contributed by atoms with van der Waals surface area (Å²) in [6.07, 6.45) is 6.41. The van der Waals surface area contributed by atoms with E-state index in [4.69, 9.17) is 0 Å². The highest BCUT2D eigenvalue weighted by atomic mass is 19.1. The zero-order chi connectivity index (χ0) is 21.1. The minimum atomic E-state index is -0.383. The van der Waals surface area contributed by atoms with Crippen molar-refractivity contribution in [3.8, 4) is 0 Å². The fourth-order valence-corrected chi connectivity index (χ4v) is 4.47. The van der Waals surface area contributed by atoms with Crippen molar-refractivity contribution in [2.75, 3.05) is 19.6 Å². The summed E-state index contributed by atoms with van der Waals surface area (Å²) in [5.74, 6) is -0.390. The van der Waals surface area contributed by atoms with Gasteiger partial charge in [-0.2, -0.15) is 0 Å². The van der Waals surface area contributed by atoms with Crippen molar-refractivity contribution < 1.29 is 9.18 Å². The molecule has 0 spiro atoms. The zero-order valence-electron chi connectivity index (χ0n) is 17.4. The van der Waals surface area contributed by atoms with Gasteiger partial charge in [0.05, 0.1) is 11.0 Å². The number of benzene rings is 1. The van der Waals surface area contributed by atoms with Crippen LogP contribution in [0.25, 0.3) is 16.6 Å². The molecule has 30 heavy (non-hydrogen) atoms. The molecule has 3 heterocycles. The number of aromatic nitrogens is 2. The third-order valence-corrected chi connectivity index (χ3v) is 6.15.